The molecule has 0 aliphatic heterocycles. The zero-order valence-corrected chi connectivity index (χ0v) is 15.6. The van der Waals surface area contributed by atoms with E-state index in [-0.39, 0.29) is 57.5 Å². The second-order valence-corrected chi connectivity index (χ2v) is 8.75. The van der Waals surface area contributed by atoms with E-state index < -0.39 is 50.0 Å². The third-order valence-electron chi connectivity index (χ3n) is 4.16. The fraction of sp³-hybridized carbons (Fsp3) is 0.0476. The molecular formula is C21H11F3N2Te. The molecule has 0 radical (unpaired) electrons. The summed E-state index contributed by atoms with van der Waals surface area (Å²) in [4.78, 5) is 7.86. The Kier molecular flexibility index (Phi) is 2.42. The van der Waals surface area contributed by atoms with E-state index in [1.54, 1.807) is 0 Å². The second-order valence-electron chi connectivity index (χ2n) is 5.75. The van der Waals surface area contributed by atoms with Gasteiger partial charge in [0.05, 0.1) is 0 Å². The summed E-state index contributed by atoms with van der Waals surface area (Å²) in [5.74, 6) is 0. The third kappa shape index (κ3) is 2.72. The topological polar surface area (TPSA) is 25.8 Å². The first-order valence-corrected chi connectivity index (χ1v) is 10.0. The van der Waals surface area contributed by atoms with Crippen LogP contribution in [0, 0.1) is 0 Å². The van der Waals surface area contributed by atoms with Crippen LogP contribution in [0.2, 0.25) is 0 Å². The molecule has 3 aromatic carbocycles. The van der Waals surface area contributed by atoms with E-state index in [1.165, 1.54) is 18.2 Å². The van der Waals surface area contributed by atoms with Gasteiger partial charge in [-0.05, 0) is 0 Å². The summed E-state index contributed by atoms with van der Waals surface area (Å²) in [6.07, 6.45) is -5.50. The van der Waals surface area contributed by atoms with E-state index >= 15 is 0 Å². The number of hydrogen-bond acceptors (Lipinski definition) is 2. The Balaban J connectivity index is 1.95. The normalized spacial score (nSPS) is 15.9. The van der Waals surface area contributed by atoms with Gasteiger partial charge in [0.1, 0.15) is 0 Å². The Hall–Kier alpha value is -2.42. The molecule has 2 heterocycles. The molecule has 0 aliphatic carbocycles. The number of aromatic nitrogens is 2. The summed E-state index contributed by atoms with van der Waals surface area (Å²) in [6.45, 7) is 0. The fourth-order valence-corrected chi connectivity index (χ4v) is 5.82. The van der Waals surface area contributed by atoms with Gasteiger partial charge in [-0.15, -0.1) is 0 Å². The minimum atomic E-state index is -4.86. The predicted octanol–water partition coefficient (Wildman–Crippen LogP) is 5.68. The van der Waals surface area contributed by atoms with Crippen LogP contribution in [0.25, 0.3) is 39.7 Å². The van der Waals surface area contributed by atoms with Crippen molar-refractivity contribution in [3.63, 3.8) is 0 Å². The van der Waals surface area contributed by atoms with E-state index in [2.05, 4.69) is 9.97 Å². The molecule has 0 saturated carbocycles. The van der Waals surface area contributed by atoms with Crippen molar-refractivity contribution in [1.82, 2.24) is 9.97 Å². The third-order valence-corrected chi connectivity index (χ3v) is 7.18. The van der Waals surface area contributed by atoms with Gasteiger partial charge in [0, 0.05) is 0 Å². The standard InChI is InChI=1S/C21H11F3N2Te/c22-21(23,24)18-14-7-3-1-5-12(14)9-15-19(25-11-26-20(15)18)17-10-13-6-2-4-8-16(13)27-17/h1-11H/i1D,2D,3D,4D,6D,8D,11D. The van der Waals surface area contributed by atoms with Crippen LogP contribution in [0.5, 0.6) is 0 Å². The Morgan fingerprint density at radius 1 is 0.889 bits per heavy atom. The van der Waals surface area contributed by atoms with Gasteiger partial charge < -0.3 is 0 Å². The molecule has 5 rings (SSSR count). The number of fused-ring (bicyclic) bond motifs is 3. The molecule has 27 heavy (non-hydrogen) atoms. The monoisotopic (exact) mass is 485 g/mol. The molecule has 0 spiro atoms. The average Bonchev–Trinajstić information content (AvgIpc) is 3.20. The van der Waals surface area contributed by atoms with E-state index in [0.717, 1.165) is 6.07 Å². The quantitative estimate of drug-likeness (QED) is 0.227. The maximum atomic E-state index is 14.2. The summed E-state index contributed by atoms with van der Waals surface area (Å²) in [7, 11) is 0. The van der Waals surface area contributed by atoms with Gasteiger partial charge in [0.15, 0.2) is 0 Å². The first-order chi connectivity index (χ1) is 15.9. The molecule has 0 bridgehead atoms. The molecule has 0 saturated heterocycles. The molecule has 0 amide bonds. The zero-order chi connectivity index (χ0) is 24.7. The van der Waals surface area contributed by atoms with Crippen molar-refractivity contribution in [2.75, 3.05) is 0 Å². The first kappa shape index (κ1) is 10.8. The van der Waals surface area contributed by atoms with Crippen molar-refractivity contribution >= 4 is 50.9 Å². The summed E-state index contributed by atoms with van der Waals surface area (Å²) in [5, 5.41) is 0.0623. The zero-order valence-electron chi connectivity index (χ0n) is 20.2. The first-order valence-electron chi connectivity index (χ1n) is 11.2. The fourth-order valence-electron chi connectivity index (χ4n) is 3.05. The number of halogens is 3. The molecule has 0 fully saturated rings. The molecule has 0 N–H and O–H groups in total. The Morgan fingerprint density at radius 3 is 2.56 bits per heavy atom. The molecule has 0 atom stereocenters. The number of benzene rings is 3. The summed E-state index contributed by atoms with van der Waals surface area (Å²) in [6, 6.07) is 3.23. The van der Waals surface area contributed by atoms with Gasteiger partial charge in [0.25, 0.3) is 0 Å². The Bertz CT molecular complexity index is 1640. The Labute approximate surface area is 171 Å². The molecule has 0 unspecified atom stereocenters. The molecule has 132 valence electrons. The maximum absolute atomic E-state index is 14.2. The number of hydrogen-bond donors (Lipinski definition) is 0. The molecule has 0 aliphatic rings. The van der Waals surface area contributed by atoms with E-state index in [0.29, 0.717) is 6.98 Å². The number of nitrogens with zero attached hydrogens (tertiary/aromatic N) is 2. The van der Waals surface area contributed by atoms with Crippen LogP contribution in [0.4, 0.5) is 13.2 Å². The SMILES string of the molecule is [2H]c1nc(-c2cc3c([2H])c([2H])c([2H])c([2H])c3[te]2)c2cc3cc([2H])c([2H])cc3c(C(F)(F)F)c2n1. The van der Waals surface area contributed by atoms with Crippen LogP contribution in [-0.4, -0.2) is 30.4 Å². The molecule has 5 aromatic rings. The summed E-state index contributed by atoms with van der Waals surface area (Å²) >= 11 is -1.47. The molecule has 6 heteroatoms. The van der Waals surface area contributed by atoms with Gasteiger partial charge in [-0.3, -0.25) is 0 Å². The van der Waals surface area contributed by atoms with E-state index in [4.69, 9.17) is 9.60 Å². The molecule has 2 nitrogen and oxygen atoms in total. The van der Waals surface area contributed by atoms with Gasteiger partial charge >= 0.3 is 171 Å². The van der Waals surface area contributed by atoms with Gasteiger partial charge in [-0.2, -0.15) is 0 Å². The van der Waals surface area contributed by atoms with E-state index in [9.17, 15) is 13.2 Å². The average molecular weight is 483 g/mol. The van der Waals surface area contributed by atoms with Crippen LogP contribution in [0.15, 0.2) is 66.8 Å². The van der Waals surface area contributed by atoms with Crippen LogP contribution >= 0.6 is 0 Å². The van der Waals surface area contributed by atoms with Crippen molar-refractivity contribution in [2.45, 2.75) is 6.18 Å². The van der Waals surface area contributed by atoms with Crippen LogP contribution in [0.3, 0.4) is 0 Å². The van der Waals surface area contributed by atoms with E-state index in [1.807, 2.05) is 0 Å². The Morgan fingerprint density at radius 2 is 1.70 bits per heavy atom. The second kappa shape index (κ2) is 6.05. The van der Waals surface area contributed by atoms with Gasteiger partial charge in [-0.1, -0.05) is 0 Å². The van der Waals surface area contributed by atoms with Crippen LogP contribution in [0.1, 0.15) is 15.2 Å². The van der Waals surface area contributed by atoms with Gasteiger partial charge in [-0.25, -0.2) is 0 Å². The van der Waals surface area contributed by atoms with Crippen molar-refractivity contribution in [1.29, 1.82) is 0 Å². The summed E-state index contributed by atoms with van der Waals surface area (Å²) in [5.41, 5.74) is -1.55. The van der Waals surface area contributed by atoms with Crippen LogP contribution in [-0.2, 0) is 6.18 Å². The minimum absolute atomic E-state index is 0.00682. The molecule has 2 aromatic heterocycles. The van der Waals surface area contributed by atoms with Crippen molar-refractivity contribution < 1.29 is 22.8 Å². The summed E-state index contributed by atoms with van der Waals surface area (Å²) < 4.78 is 99.3. The van der Waals surface area contributed by atoms with Crippen molar-refractivity contribution in [2.24, 2.45) is 0 Å². The number of alkyl halides is 3. The molecular weight excluding hydrogens is 465 g/mol. The predicted molar refractivity (Wildman–Crippen MR) is 102 cm³/mol. The van der Waals surface area contributed by atoms with Gasteiger partial charge in [0.2, 0.25) is 0 Å². The van der Waals surface area contributed by atoms with Crippen molar-refractivity contribution in [3.8, 4) is 9.27 Å². The van der Waals surface area contributed by atoms with Crippen molar-refractivity contribution in [3.05, 3.63) is 72.4 Å². The number of rotatable bonds is 1. The van der Waals surface area contributed by atoms with Crippen LogP contribution < -0.4 is 0 Å².